The maximum Gasteiger partial charge on any atom is 0.129 e. The van der Waals surface area contributed by atoms with Crippen LogP contribution in [0.25, 0.3) is 0 Å². The lowest BCUT2D eigenvalue weighted by Gasteiger charge is -2.07. The average molecular weight is 348 g/mol. The molecule has 2 nitrogen and oxygen atoms in total. The molecule has 0 aliphatic carbocycles. The van der Waals surface area contributed by atoms with Gasteiger partial charge in [-0.3, -0.25) is 0 Å². The van der Waals surface area contributed by atoms with Gasteiger partial charge in [0.15, 0.2) is 0 Å². The van der Waals surface area contributed by atoms with Crippen LogP contribution < -0.4 is 10.1 Å². The van der Waals surface area contributed by atoms with Crippen molar-refractivity contribution < 1.29 is 13.5 Å². The highest BCUT2D eigenvalue weighted by molar-refractivity contribution is 9.10. The normalized spacial score (nSPS) is 10.7. The lowest BCUT2D eigenvalue weighted by molar-refractivity contribution is 0.310. The predicted octanol–water partition coefficient (Wildman–Crippen LogP) is 3.96. The summed E-state index contributed by atoms with van der Waals surface area (Å²) in [6, 6.07) is 5.19. The fourth-order valence-corrected chi connectivity index (χ4v) is 2.93. The monoisotopic (exact) mass is 347 g/mol. The number of benzene rings is 1. The average Bonchev–Trinajstić information content (AvgIpc) is 2.73. The maximum atomic E-state index is 12.9. The number of ether oxygens (including phenoxy) is 1. The Bertz CT molecular complexity index is 527. The van der Waals surface area contributed by atoms with Crippen LogP contribution in [0.5, 0.6) is 5.75 Å². The summed E-state index contributed by atoms with van der Waals surface area (Å²) in [5.41, 5.74) is 0. The standard InChI is InChI=1S/C13H12BrF2NOS/c14-9-3-13(19-8-9)7-17-1-2-18-12-5-10(15)4-11(16)6-12/h3-6,8,17H,1-2,7H2. The molecule has 102 valence electrons. The molecule has 0 bridgehead atoms. The van der Waals surface area contributed by atoms with Crippen LogP contribution in [-0.2, 0) is 6.54 Å². The van der Waals surface area contributed by atoms with E-state index in [1.165, 1.54) is 17.0 Å². The molecule has 0 saturated carbocycles. The van der Waals surface area contributed by atoms with Gasteiger partial charge in [0.2, 0.25) is 0 Å². The second-order valence-corrected chi connectivity index (χ2v) is 5.77. The van der Waals surface area contributed by atoms with Crippen LogP contribution in [0, 0.1) is 11.6 Å². The zero-order valence-corrected chi connectivity index (χ0v) is 12.4. The highest BCUT2D eigenvalue weighted by Gasteiger charge is 2.01. The lowest BCUT2D eigenvalue weighted by Crippen LogP contribution is -2.20. The highest BCUT2D eigenvalue weighted by atomic mass is 79.9. The van der Waals surface area contributed by atoms with Crippen molar-refractivity contribution in [2.45, 2.75) is 6.54 Å². The largest absolute Gasteiger partial charge is 0.492 e. The van der Waals surface area contributed by atoms with Crippen molar-refractivity contribution in [1.29, 1.82) is 0 Å². The molecule has 1 aromatic carbocycles. The second-order valence-electron chi connectivity index (χ2n) is 3.86. The van der Waals surface area contributed by atoms with Crippen molar-refractivity contribution in [3.05, 3.63) is 50.6 Å². The van der Waals surface area contributed by atoms with E-state index in [4.69, 9.17) is 4.74 Å². The number of nitrogens with one attached hydrogen (secondary N) is 1. The molecule has 0 fully saturated rings. The Hall–Kier alpha value is -0.980. The maximum absolute atomic E-state index is 12.9. The van der Waals surface area contributed by atoms with E-state index in [1.807, 2.05) is 11.4 Å². The third-order valence-corrected chi connectivity index (χ3v) is 4.00. The molecule has 19 heavy (non-hydrogen) atoms. The smallest absolute Gasteiger partial charge is 0.129 e. The third-order valence-electron chi connectivity index (χ3n) is 2.30. The Morgan fingerprint density at radius 1 is 1.16 bits per heavy atom. The number of rotatable bonds is 6. The molecule has 6 heteroatoms. The van der Waals surface area contributed by atoms with E-state index in [2.05, 4.69) is 21.2 Å². The molecule has 0 atom stereocenters. The Labute approximate surface area is 122 Å². The highest BCUT2D eigenvalue weighted by Crippen LogP contribution is 2.19. The molecule has 2 aromatic rings. The summed E-state index contributed by atoms with van der Waals surface area (Å²) in [4.78, 5) is 1.21. The van der Waals surface area contributed by atoms with Gasteiger partial charge in [0, 0.05) is 46.0 Å². The Balaban J connectivity index is 1.69. The molecular weight excluding hydrogens is 336 g/mol. The van der Waals surface area contributed by atoms with Crippen molar-refractivity contribution in [2.75, 3.05) is 13.2 Å². The van der Waals surface area contributed by atoms with E-state index in [-0.39, 0.29) is 5.75 Å². The molecule has 2 rings (SSSR count). The van der Waals surface area contributed by atoms with Crippen LogP contribution in [0.4, 0.5) is 8.78 Å². The first-order chi connectivity index (χ1) is 9.13. The van der Waals surface area contributed by atoms with Crippen molar-refractivity contribution in [3.63, 3.8) is 0 Å². The molecule has 0 aliphatic heterocycles. The fourth-order valence-electron chi connectivity index (χ4n) is 1.51. The molecule has 1 N–H and O–H groups in total. The van der Waals surface area contributed by atoms with Gasteiger partial charge in [0.1, 0.15) is 24.0 Å². The SMILES string of the molecule is Fc1cc(F)cc(OCCNCc2cc(Br)cs2)c1. The number of hydrogen-bond acceptors (Lipinski definition) is 3. The Morgan fingerprint density at radius 3 is 2.53 bits per heavy atom. The topological polar surface area (TPSA) is 21.3 Å². The van der Waals surface area contributed by atoms with Gasteiger partial charge in [-0.2, -0.15) is 0 Å². The first-order valence-corrected chi connectivity index (χ1v) is 7.33. The zero-order chi connectivity index (χ0) is 13.7. The van der Waals surface area contributed by atoms with E-state index < -0.39 is 11.6 Å². The minimum absolute atomic E-state index is 0.207. The van der Waals surface area contributed by atoms with Crippen LogP contribution >= 0.6 is 27.3 Å². The van der Waals surface area contributed by atoms with Crippen LogP contribution in [0.1, 0.15) is 4.88 Å². The van der Waals surface area contributed by atoms with Crippen molar-refractivity contribution in [2.24, 2.45) is 0 Å². The first kappa shape index (κ1) is 14.4. The molecule has 0 saturated heterocycles. The lowest BCUT2D eigenvalue weighted by atomic mass is 10.3. The number of hydrogen-bond donors (Lipinski definition) is 1. The van der Waals surface area contributed by atoms with Gasteiger partial charge in [-0.1, -0.05) is 0 Å². The second kappa shape index (κ2) is 6.98. The van der Waals surface area contributed by atoms with E-state index >= 15 is 0 Å². The summed E-state index contributed by atoms with van der Waals surface area (Å²) in [7, 11) is 0. The molecule has 0 radical (unpaired) electrons. The summed E-state index contributed by atoms with van der Waals surface area (Å²) in [5, 5.41) is 5.21. The minimum Gasteiger partial charge on any atom is -0.492 e. The molecule has 0 amide bonds. The van der Waals surface area contributed by atoms with Crippen molar-refractivity contribution in [3.8, 4) is 5.75 Å². The van der Waals surface area contributed by atoms with E-state index in [1.54, 1.807) is 11.3 Å². The zero-order valence-electron chi connectivity index (χ0n) is 9.96. The summed E-state index contributed by atoms with van der Waals surface area (Å²) in [6.07, 6.45) is 0. The van der Waals surface area contributed by atoms with Gasteiger partial charge in [-0.15, -0.1) is 11.3 Å². The molecule has 0 aliphatic rings. The van der Waals surface area contributed by atoms with Gasteiger partial charge >= 0.3 is 0 Å². The summed E-state index contributed by atoms with van der Waals surface area (Å²) >= 11 is 5.04. The molecular formula is C13H12BrF2NOS. The number of halogens is 3. The minimum atomic E-state index is -0.633. The van der Waals surface area contributed by atoms with Gasteiger partial charge in [0.05, 0.1) is 0 Å². The molecule has 1 heterocycles. The summed E-state index contributed by atoms with van der Waals surface area (Å²) in [5.74, 6) is -1.06. The third kappa shape index (κ3) is 4.89. The van der Waals surface area contributed by atoms with Crippen LogP contribution in [-0.4, -0.2) is 13.2 Å². The van der Waals surface area contributed by atoms with Crippen LogP contribution in [0.3, 0.4) is 0 Å². The Kier molecular flexibility index (Phi) is 5.30. The van der Waals surface area contributed by atoms with Crippen LogP contribution in [0.2, 0.25) is 0 Å². The molecule has 1 aromatic heterocycles. The molecule has 0 spiro atoms. The predicted molar refractivity (Wildman–Crippen MR) is 75.6 cm³/mol. The Morgan fingerprint density at radius 2 is 1.89 bits per heavy atom. The van der Waals surface area contributed by atoms with Crippen molar-refractivity contribution in [1.82, 2.24) is 5.32 Å². The quantitative estimate of drug-likeness (QED) is 0.798. The van der Waals surface area contributed by atoms with Gasteiger partial charge in [0.25, 0.3) is 0 Å². The van der Waals surface area contributed by atoms with Gasteiger partial charge in [-0.05, 0) is 22.0 Å². The van der Waals surface area contributed by atoms with E-state index in [9.17, 15) is 8.78 Å². The fraction of sp³-hybridized carbons (Fsp3) is 0.231. The van der Waals surface area contributed by atoms with Gasteiger partial charge in [-0.25, -0.2) is 8.78 Å². The number of thiophene rings is 1. The molecule has 0 unspecified atom stereocenters. The summed E-state index contributed by atoms with van der Waals surface area (Å²) < 4.78 is 32.1. The van der Waals surface area contributed by atoms with E-state index in [0.29, 0.717) is 13.2 Å². The summed E-state index contributed by atoms with van der Waals surface area (Å²) in [6.45, 7) is 1.71. The van der Waals surface area contributed by atoms with Crippen LogP contribution in [0.15, 0.2) is 34.1 Å². The van der Waals surface area contributed by atoms with Gasteiger partial charge < -0.3 is 10.1 Å². The van der Waals surface area contributed by atoms with E-state index in [0.717, 1.165) is 17.1 Å². The first-order valence-electron chi connectivity index (χ1n) is 5.66. The van der Waals surface area contributed by atoms with Crippen molar-refractivity contribution >= 4 is 27.3 Å².